The monoisotopic (exact) mass is 570 g/mol. The smallest absolute Gasteiger partial charge is 0.345 e. The first kappa shape index (κ1) is 28.2. The summed E-state index contributed by atoms with van der Waals surface area (Å²) in [4.78, 5) is 23.9. The molecule has 0 aromatic heterocycles. The summed E-state index contributed by atoms with van der Waals surface area (Å²) in [6.45, 7) is -0.643. The van der Waals surface area contributed by atoms with Crippen LogP contribution in [-0.2, 0) is 9.54 Å². The van der Waals surface area contributed by atoms with Gasteiger partial charge in [0.05, 0.1) is 6.54 Å². The molecule has 0 spiro atoms. The lowest BCUT2D eigenvalue weighted by molar-refractivity contribution is -0.160. The number of alkyl halides is 6. The van der Waals surface area contributed by atoms with E-state index in [4.69, 9.17) is 23.2 Å². The van der Waals surface area contributed by atoms with E-state index >= 15 is 0 Å². The fraction of sp³-hybridized carbons (Fsp3) is 0.304. The summed E-state index contributed by atoms with van der Waals surface area (Å²) in [5, 5.41) is 5.41. The van der Waals surface area contributed by atoms with Gasteiger partial charge < -0.3 is 10.6 Å². The molecule has 1 unspecified atom stereocenters. The van der Waals surface area contributed by atoms with Gasteiger partial charge in [-0.1, -0.05) is 35.3 Å². The highest BCUT2D eigenvalue weighted by Gasteiger charge is 2.58. The maximum atomic E-state index is 14.3. The van der Waals surface area contributed by atoms with E-state index in [2.05, 4.69) is 5.32 Å². The van der Waals surface area contributed by atoms with Gasteiger partial charge in [-0.25, -0.2) is 0 Å². The molecular weight excluding hydrogens is 553 g/mol. The van der Waals surface area contributed by atoms with E-state index in [0.29, 0.717) is 28.5 Å². The number of nitrogens with one attached hydrogen (secondary N) is 2. The molecule has 4 nitrogen and oxygen atoms in total. The molecule has 2 N–H and O–H groups in total. The quantitative estimate of drug-likeness (QED) is 0.382. The molecule has 2 amide bonds. The molecule has 1 aliphatic rings. The van der Waals surface area contributed by atoms with Gasteiger partial charge in [0, 0.05) is 22.0 Å². The molecule has 0 aliphatic carbocycles. The predicted molar refractivity (Wildman–Crippen MR) is 127 cm³/mol. The summed E-state index contributed by atoms with van der Waals surface area (Å²) in [5.74, 6) is -1.73. The topological polar surface area (TPSA) is 58.2 Å². The van der Waals surface area contributed by atoms with Crippen LogP contribution in [0.5, 0.6) is 0 Å². The van der Waals surface area contributed by atoms with Crippen molar-refractivity contribution < 1.29 is 35.9 Å². The van der Waals surface area contributed by atoms with Crippen molar-refractivity contribution in [3.8, 4) is 0 Å². The highest BCUT2D eigenvalue weighted by Crippen LogP contribution is 2.60. The standard InChI is InChI=1S/C23H18Cl2F6N2O2S/c1-12-4-13(2-3-18(12)20(35)32-9-19(34)33-11-22(26,27)28)14-8-21(36-10-14,23(29,30)31)15-5-16(24)7-17(25)6-15/h2-7,10H,8-9,11H2,1H3,(H,32,35)(H,33,34). The van der Waals surface area contributed by atoms with Crippen molar-refractivity contribution in [2.45, 2.75) is 30.4 Å². The minimum atomic E-state index is -4.63. The van der Waals surface area contributed by atoms with Gasteiger partial charge in [0.2, 0.25) is 5.91 Å². The second-order valence-electron chi connectivity index (χ2n) is 8.02. The summed E-state index contributed by atoms with van der Waals surface area (Å²) >= 11 is 12.5. The maximum absolute atomic E-state index is 14.3. The SMILES string of the molecule is Cc1cc(C2=CSC(c3cc(Cl)cc(Cl)c3)(C(F)(F)F)C2)ccc1C(=O)NCC(=O)NCC(F)(F)F. The van der Waals surface area contributed by atoms with Gasteiger partial charge in [0.15, 0.2) is 0 Å². The van der Waals surface area contributed by atoms with Crippen LogP contribution in [-0.4, -0.2) is 37.3 Å². The Balaban J connectivity index is 1.75. The number of carbonyl (C=O) groups is 2. The summed E-state index contributed by atoms with van der Waals surface area (Å²) in [6.07, 6.45) is -9.62. The number of benzene rings is 2. The summed E-state index contributed by atoms with van der Waals surface area (Å²) in [7, 11) is 0. The van der Waals surface area contributed by atoms with Gasteiger partial charge in [-0.3, -0.25) is 9.59 Å². The Morgan fingerprint density at radius 3 is 2.19 bits per heavy atom. The van der Waals surface area contributed by atoms with Crippen LogP contribution in [0, 0.1) is 6.92 Å². The molecule has 0 radical (unpaired) electrons. The zero-order chi connectivity index (χ0) is 26.9. The molecule has 2 aromatic carbocycles. The van der Waals surface area contributed by atoms with E-state index in [0.717, 1.165) is 0 Å². The van der Waals surface area contributed by atoms with Crippen molar-refractivity contribution in [1.29, 1.82) is 0 Å². The fourth-order valence-electron chi connectivity index (χ4n) is 3.62. The molecule has 3 rings (SSSR count). The number of carbonyl (C=O) groups excluding carboxylic acids is 2. The average Bonchev–Trinajstić information content (AvgIpc) is 3.22. The number of thioether (sulfide) groups is 1. The molecule has 0 saturated heterocycles. The number of hydrogen-bond donors (Lipinski definition) is 2. The molecule has 1 aliphatic heterocycles. The van der Waals surface area contributed by atoms with Crippen LogP contribution in [0.3, 0.4) is 0 Å². The summed E-state index contributed by atoms with van der Waals surface area (Å²) in [6, 6.07) is 8.18. The first-order valence-electron chi connectivity index (χ1n) is 10.2. The minimum absolute atomic E-state index is 0.0773. The first-order valence-corrected chi connectivity index (χ1v) is 11.9. The molecule has 0 saturated carbocycles. The number of allylic oxidation sites excluding steroid dienone is 1. The maximum Gasteiger partial charge on any atom is 0.407 e. The lowest BCUT2D eigenvalue weighted by atomic mass is 9.87. The predicted octanol–water partition coefficient (Wildman–Crippen LogP) is 6.65. The van der Waals surface area contributed by atoms with Gasteiger partial charge in [-0.05, 0) is 58.9 Å². The number of aryl methyl sites for hydroxylation is 1. The van der Waals surface area contributed by atoms with Crippen LogP contribution >= 0.6 is 35.0 Å². The first-order chi connectivity index (χ1) is 16.6. The number of hydrogen-bond acceptors (Lipinski definition) is 3. The molecule has 36 heavy (non-hydrogen) atoms. The average molecular weight is 571 g/mol. The Bertz CT molecular complexity index is 1200. The van der Waals surface area contributed by atoms with Crippen LogP contribution in [0.1, 0.15) is 33.5 Å². The molecule has 1 atom stereocenters. The van der Waals surface area contributed by atoms with E-state index in [1.807, 2.05) is 0 Å². The Morgan fingerprint density at radius 1 is 1.00 bits per heavy atom. The third-order valence-corrected chi connectivity index (χ3v) is 7.22. The van der Waals surface area contributed by atoms with Gasteiger partial charge in [-0.15, -0.1) is 11.8 Å². The van der Waals surface area contributed by atoms with E-state index in [1.165, 1.54) is 41.8 Å². The van der Waals surface area contributed by atoms with Crippen LogP contribution < -0.4 is 10.6 Å². The Hall–Kier alpha value is -2.37. The molecule has 13 heteroatoms. The summed E-state index contributed by atoms with van der Waals surface area (Å²) in [5.41, 5.74) is 1.29. The summed E-state index contributed by atoms with van der Waals surface area (Å²) < 4.78 is 77.0. The minimum Gasteiger partial charge on any atom is -0.345 e. The number of rotatable bonds is 6. The second-order valence-corrected chi connectivity index (χ2v) is 10.1. The van der Waals surface area contributed by atoms with Gasteiger partial charge >= 0.3 is 12.4 Å². The van der Waals surface area contributed by atoms with E-state index in [-0.39, 0.29) is 21.2 Å². The zero-order valence-corrected chi connectivity index (χ0v) is 20.7. The third kappa shape index (κ3) is 6.49. The largest absolute Gasteiger partial charge is 0.407 e. The Morgan fingerprint density at radius 2 is 1.64 bits per heavy atom. The fourth-order valence-corrected chi connectivity index (χ4v) is 5.33. The van der Waals surface area contributed by atoms with Crippen molar-refractivity contribution >= 4 is 52.4 Å². The van der Waals surface area contributed by atoms with Crippen LogP contribution in [0.15, 0.2) is 41.8 Å². The van der Waals surface area contributed by atoms with Crippen molar-refractivity contribution in [2.75, 3.05) is 13.1 Å². The number of halogens is 8. The van der Waals surface area contributed by atoms with Crippen LogP contribution in [0.25, 0.3) is 5.57 Å². The molecule has 194 valence electrons. The van der Waals surface area contributed by atoms with E-state index < -0.39 is 48.4 Å². The second kappa shape index (κ2) is 10.5. The van der Waals surface area contributed by atoms with Gasteiger partial charge in [-0.2, -0.15) is 26.3 Å². The molecule has 2 aromatic rings. The Labute approximate surface area is 216 Å². The number of amides is 2. The molecule has 1 heterocycles. The van der Waals surface area contributed by atoms with Gasteiger partial charge in [0.1, 0.15) is 11.3 Å². The lowest BCUT2D eigenvalue weighted by Crippen LogP contribution is -2.41. The van der Waals surface area contributed by atoms with Gasteiger partial charge in [0.25, 0.3) is 5.91 Å². The van der Waals surface area contributed by atoms with Crippen LogP contribution in [0.2, 0.25) is 10.0 Å². The van der Waals surface area contributed by atoms with Crippen molar-refractivity contribution in [3.63, 3.8) is 0 Å². The third-order valence-electron chi connectivity index (χ3n) is 5.37. The molecule has 0 bridgehead atoms. The highest BCUT2D eigenvalue weighted by molar-refractivity contribution is 8.03. The van der Waals surface area contributed by atoms with Crippen molar-refractivity contribution in [2.24, 2.45) is 0 Å². The van der Waals surface area contributed by atoms with Crippen molar-refractivity contribution in [1.82, 2.24) is 10.6 Å². The zero-order valence-electron chi connectivity index (χ0n) is 18.4. The van der Waals surface area contributed by atoms with Crippen molar-refractivity contribution in [3.05, 3.63) is 74.1 Å². The normalized spacial score (nSPS) is 18.1. The highest BCUT2D eigenvalue weighted by atomic mass is 35.5. The molecular formula is C23H18Cl2F6N2O2S. The molecule has 0 fully saturated rings. The van der Waals surface area contributed by atoms with E-state index in [9.17, 15) is 35.9 Å². The van der Waals surface area contributed by atoms with E-state index in [1.54, 1.807) is 12.2 Å². The van der Waals surface area contributed by atoms with Crippen LogP contribution in [0.4, 0.5) is 26.3 Å². The lowest BCUT2D eigenvalue weighted by Gasteiger charge is -2.32. The Kier molecular flexibility index (Phi) is 8.26.